The monoisotopic (exact) mass is 478 g/mol. The Morgan fingerprint density at radius 3 is 2.19 bits per heavy atom. The van der Waals surface area contributed by atoms with Crippen molar-refractivity contribution in [3.63, 3.8) is 0 Å². The number of carbonyl (C=O) groups is 2. The first-order valence-corrected chi connectivity index (χ1v) is 12.0. The lowest BCUT2D eigenvalue weighted by atomic mass is 10.2. The van der Waals surface area contributed by atoms with E-state index in [4.69, 9.17) is 14.2 Å². The highest BCUT2D eigenvalue weighted by atomic mass is 32.2. The van der Waals surface area contributed by atoms with Crippen molar-refractivity contribution in [1.29, 1.82) is 0 Å². The summed E-state index contributed by atoms with van der Waals surface area (Å²) < 4.78 is 41.8. The summed E-state index contributed by atoms with van der Waals surface area (Å²) in [4.78, 5) is 29.5. The molecule has 0 saturated heterocycles. The van der Waals surface area contributed by atoms with Gasteiger partial charge in [0.05, 0.1) is 32.0 Å². The lowest BCUT2D eigenvalue weighted by Gasteiger charge is -2.09. The van der Waals surface area contributed by atoms with Crippen molar-refractivity contribution >= 4 is 43.3 Å². The molecule has 0 aliphatic rings. The Morgan fingerprint density at radius 2 is 1.62 bits per heavy atom. The van der Waals surface area contributed by atoms with E-state index in [0.717, 1.165) is 11.3 Å². The number of carbonyl (C=O) groups excluding carboxylic acids is 2. The molecular formula is C21H22N2O7S2. The normalized spacial score (nSPS) is 12.1. The minimum absolute atomic E-state index is 0.0380. The molecule has 1 amide bonds. The van der Waals surface area contributed by atoms with Gasteiger partial charge in [-0.2, -0.15) is 4.99 Å². The van der Waals surface area contributed by atoms with E-state index >= 15 is 0 Å². The van der Waals surface area contributed by atoms with Crippen molar-refractivity contribution in [1.82, 2.24) is 4.57 Å². The molecule has 3 aromatic rings. The number of amides is 1. The molecule has 0 unspecified atom stereocenters. The number of nitrogens with zero attached hydrogens (tertiary/aromatic N) is 2. The van der Waals surface area contributed by atoms with Crippen LogP contribution in [0.25, 0.3) is 10.2 Å². The van der Waals surface area contributed by atoms with Gasteiger partial charge in [0.1, 0.15) is 28.3 Å². The molecule has 0 N–H and O–H groups in total. The molecule has 3 rings (SSSR count). The molecule has 11 heteroatoms. The van der Waals surface area contributed by atoms with Crippen molar-refractivity contribution < 1.29 is 32.2 Å². The Hall–Kier alpha value is -3.18. The number of benzene rings is 2. The van der Waals surface area contributed by atoms with Crippen molar-refractivity contribution in [3.8, 4) is 11.5 Å². The molecule has 1 heterocycles. The quantitative estimate of drug-likeness (QED) is 0.479. The number of hydrogen-bond donors (Lipinski definition) is 0. The number of thiazole rings is 1. The number of aromatic nitrogens is 1. The fourth-order valence-electron chi connectivity index (χ4n) is 3.00. The third-order valence-corrected chi connectivity index (χ3v) is 7.59. The molecule has 1 aromatic heterocycles. The summed E-state index contributed by atoms with van der Waals surface area (Å²) >= 11 is 1.16. The Balaban J connectivity index is 2.17. The molecule has 0 aliphatic heterocycles. The Kier molecular flexibility index (Phi) is 6.99. The molecule has 0 atom stereocenters. The van der Waals surface area contributed by atoms with E-state index in [1.165, 1.54) is 50.2 Å². The summed E-state index contributed by atoms with van der Waals surface area (Å²) in [7, 11) is 0.897. The Bertz CT molecular complexity index is 1340. The first-order valence-electron chi connectivity index (χ1n) is 9.48. The molecule has 0 radical (unpaired) electrons. The summed E-state index contributed by atoms with van der Waals surface area (Å²) in [5.41, 5.74) is 0.749. The maximum Gasteiger partial charge on any atom is 0.325 e. The fourth-order valence-corrected chi connectivity index (χ4v) is 5.02. The lowest BCUT2D eigenvalue weighted by Crippen LogP contribution is -2.22. The third kappa shape index (κ3) is 4.53. The predicted octanol–water partition coefficient (Wildman–Crippen LogP) is 2.43. The zero-order valence-electron chi connectivity index (χ0n) is 17.9. The molecule has 32 heavy (non-hydrogen) atoms. The molecular weight excluding hydrogens is 456 g/mol. The number of fused-ring (bicyclic) bond motifs is 1. The fraction of sp³-hybridized carbons (Fsp3) is 0.286. The van der Waals surface area contributed by atoms with Crippen LogP contribution in [0.15, 0.2) is 46.3 Å². The molecule has 170 valence electrons. The van der Waals surface area contributed by atoms with Crippen LogP contribution in [0.4, 0.5) is 0 Å². The van der Waals surface area contributed by atoms with E-state index in [1.807, 2.05) is 0 Å². The zero-order chi connectivity index (χ0) is 23.5. The number of hydrogen-bond acceptors (Lipinski definition) is 8. The maximum atomic E-state index is 12.8. The number of esters is 1. The van der Waals surface area contributed by atoms with Gasteiger partial charge in [-0.25, -0.2) is 8.42 Å². The van der Waals surface area contributed by atoms with Gasteiger partial charge in [0.2, 0.25) is 0 Å². The summed E-state index contributed by atoms with van der Waals surface area (Å²) in [5.74, 6) is -0.147. The van der Waals surface area contributed by atoms with Gasteiger partial charge < -0.3 is 18.8 Å². The van der Waals surface area contributed by atoms with Gasteiger partial charge >= 0.3 is 5.97 Å². The van der Waals surface area contributed by atoms with Crippen LogP contribution >= 0.6 is 11.3 Å². The number of rotatable bonds is 7. The van der Waals surface area contributed by atoms with Crippen LogP contribution in [0.3, 0.4) is 0 Å². The minimum atomic E-state index is -3.38. The van der Waals surface area contributed by atoms with Crippen molar-refractivity contribution in [3.05, 3.63) is 46.8 Å². The van der Waals surface area contributed by atoms with Crippen LogP contribution in [0.1, 0.15) is 17.3 Å². The Labute approximate surface area is 188 Å². The van der Waals surface area contributed by atoms with Crippen LogP contribution in [0.5, 0.6) is 11.5 Å². The Morgan fingerprint density at radius 1 is 1.00 bits per heavy atom. The number of sulfone groups is 1. The van der Waals surface area contributed by atoms with Gasteiger partial charge in [0.25, 0.3) is 5.91 Å². The standard InChI is InChI=1S/C21H22N2O7S2/c1-5-32(26,27)14-8-6-13(7-9-14)20(25)22-21-23(12-17(24)30-4)18-15(28-2)10-11-16(29-3)19(18)31-21/h6-11H,5,12H2,1-4H3. The van der Waals surface area contributed by atoms with Gasteiger partial charge in [-0.3, -0.25) is 9.59 Å². The number of ether oxygens (including phenoxy) is 3. The van der Waals surface area contributed by atoms with Gasteiger partial charge in [-0.15, -0.1) is 0 Å². The van der Waals surface area contributed by atoms with E-state index in [2.05, 4.69) is 4.99 Å². The van der Waals surface area contributed by atoms with E-state index in [9.17, 15) is 18.0 Å². The topological polar surface area (TPSA) is 113 Å². The van der Waals surface area contributed by atoms with Gasteiger partial charge in [-0.05, 0) is 36.4 Å². The van der Waals surface area contributed by atoms with Gasteiger partial charge in [-0.1, -0.05) is 18.3 Å². The zero-order valence-corrected chi connectivity index (χ0v) is 19.6. The molecule has 0 aliphatic carbocycles. The average Bonchev–Trinajstić information content (AvgIpc) is 3.16. The molecule has 2 aromatic carbocycles. The maximum absolute atomic E-state index is 12.8. The molecule has 9 nitrogen and oxygen atoms in total. The number of methoxy groups -OCH3 is 3. The van der Waals surface area contributed by atoms with Crippen LogP contribution in [0.2, 0.25) is 0 Å². The second-order valence-corrected chi connectivity index (χ2v) is 9.80. The molecule has 0 saturated carbocycles. The minimum Gasteiger partial charge on any atom is -0.495 e. The molecule has 0 bridgehead atoms. The van der Waals surface area contributed by atoms with Crippen molar-refractivity contribution in [2.45, 2.75) is 18.4 Å². The van der Waals surface area contributed by atoms with E-state index in [-0.39, 0.29) is 27.6 Å². The molecule has 0 fully saturated rings. The van der Waals surface area contributed by atoms with Crippen LogP contribution in [-0.4, -0.2) is 51.9 Å². The smallest absolute Gasteiger partial charge is 0.325 e. The second kappa shape index (κ2) is 9.53. The summed E-state index contributed by atoms with van der Waals surface area (Å²) in [6.07, 6.45) is 0. The predicted molar refractivity (Wildman–Crippen MR) is 119 cm³/mol. The van der Waals surface area contributed by atoms with E-state index in [0.29, 0.717) is 21.7 Å². The lowest BCUT2D eigenvalue weighted by molar-refractivity contribution is -0.141. The van der Waals surface area contributed by atoms with Crippen molar-refractivity contribution in [2.75, 3.05) is 27.1 Å². The summed E-state index contributed by atoms with van der Waals surface area (Å²) in [5, 5.41) is 0. The highest BCUT2D eigenvalue weighted by Gasteiger charge is 2.19. The largest absolute Gasteiger partial charge is 0.495 e. The van der Waals surface area contributed by atoms with Crippen LogP contribution < -0.4 is 14.3 Å². The summed E-state index contributed by atoms with van der Waals surface area (Å²) in [6.45, 7) is 1.35. The van der Waals surface area contributed by atoms with Crippen LogP contribution in [0, 0.1) is 0 Å². The van der Waals surface area contributed by atoms with E-state index in [1.54, 1.807) is 19.1 Å². The third-order valence-electron chi connectivity index (χ3n) is 4.74. The van der Waals surface area contributed by atoms with Gasteiger partial charge in [0, 0.05) is 5.56 Å². The van der Waals surface area contributed by atoms with Crippen molar-refractivity contribution in [2.24, 2.45) is 4.99 Å². The second-order valence-electron chi connectivity index (χ2n) is 6.54. The van der Waals surface area contributed by atoms with E-state index < -0.39 is 21.7 Å². The first-order chi connectivity index (χ1) is 15.2. The average molecular weight is 479 g/mol. The van der Waals surface area contributed by atoms with Crippen LogP contribution in [-0.2, 0) is 25.9 Å². The SMILES string of the molecule is CCS(=O)(=O)c1ccc(C(=O)N=c2sc3c(OC)ccc(OC)c3n2CC(=O)OC)cc1. The summed E-state index contributed by atoms with van der Waals surface area (Å²) in [6, 6.07) is 8.99. The highest BCUT2D eigenvalue weighted by Crippen LogP contribution is 2.35. The first kappa shape index (κ1) is 23.5. The highest BCUT2D eigenvalue weighted by molar-refractivity contribution is 7.91. The van der Waals surface area contributed by atoms with Gasteiger partial charge in [0.15, 0.2) is 14.6 Å². The molecule has 0 spiro atoms.